The largest absolute Gasteiger partial charge is 0.485 e. The van der Waals surface area contributed by atoms with E-state index in [9.17, 15) is 9.59 Å². The summed E-state index contributed by atoms with van der Waals surface area (Å²) in [6.07, 6.45) is 2.96. The number of cyclic esters (lactones) is 1. The lowest BCUT2D eigenvalue weighted by molar-refractivity contribution is 0.0252. The molecule has 6 rings (SSSR count). The number of rotatable bonds is 2. The second kappa shape index (κ2) is 7.77. The molecule has 3 aromatic rings. The summed E-state index contributed by atoms with van der Waals surface area (Å²) in [6, 6.07) is 23.3. The molecule has 2 atom stereocenters. The van der Waals surface area contributed by atoms with Crippen LogP contribution < -0.4 is 4.74 Å². The number of fused-ring (bicyclic) bond motifs is 2. The van der Waals surface area contributed by atoms with Crippen molar-refractivity contribution in [3.63, 3.8) is 0 Å². The van der Waals surface area contributed by atoms with Crippen molar-refractivity contribution in [3.8, 4) is 5.75 Å². The molecular formula is C28H25NO4. The van der Waals surface area contributed by atoms with Crippen molar-refractivity contribution in [2.45, 2.75) is 37.4 Å². The zero-order valence-electron chi connectivity index (χ0n) is 18.3. The molecule has 3 aliphatic rings. The number of nitrogens with zero attached hydrogens (tertiary/aromatic N) is 1. The topological polar surface area (TPSA) is 55.8 Å². The Morgan fingerprint density at radius 3 is 2.64 bits per heavy atom. The van der Waals surface area contributed by atoms with Gasteiger partial charge >= 0.3 is 5.97 Å². The Morgan fingerprint density at radius 2 is 1.76 bits per heavy atom. The van der Waals surface area contributed by atoms with Gasteiger partial charge in [-0.25, -0.2) is 4.79 Å². The van der Waals surface area contributed by atoms with E-state index in [0.29, 0.717) is 30.6 Å². The Kier molecular flexibility index (Phi) is 4.72. The van der Waals surface area contributed by atoms with Crippen LogP contribution in [0.4, 0.5) is 0 Å². The predicted molar refractivity (Wildman–Crippen MR) is 123 cm³/mol. The molecule has 1 fully saturated rings. The van der Waals surface area contributed by atoms with Crippen molar-refractivity contribution in [1.82, 2.24) is 4.90 Å². The second-order valence-electron chi connectivity index (χ2n) is 9.25. The molecule has 5 heteroatoms. The molecule has 3 aromatic carbocycles. The molecule has 0 bridgehead atoms. The molecule has 0 radical (unpaired) electrons. The highest BCUT2D eigenvalue weighted by Crippen LogP contribution is 2.39. The zero-order valence-corrected chi connectivity index (χ0v) is 18.3. The molecule has 5 nitrogen and oxygen atoms in total. The second-order valence-corrected chi connectivity index (χ2v) is 9.25. The lowest BCUT2D eigenvalue weighted by atomic mass is 9.90. The van der Waals surface area contributed by atoms with E-state index in [4.69, 9.17) is 9.47 Å². The van der Waals surface area contributed by atoms with Crippen LogP contribution in [0.5, 0.6) is 5.75 Å². The summed E-state index contributed by atoms with van der Waals surface area (Å²) in [5, 5.41) is 0. The van der Waals surface area contributed by atoms with E-state index < -0.39 is 0 Å². The SMILES string of the molecule is O=C1OC(c2ccccc2)Cc2cc(C(=O)N3CCC4(CCc5ccccc5O4)C3)ccc21. The Morgan fingerprint density at radius 1 is 0.939 bits per heavy atom. The summed E-state index contributed by atoms with van der Waals surface area (Å²) < 4.78 is 12.1. The average molecular weight is 440 g/mol. The van der Waals surface area contributed by atoms with Crippen molar-refractivity contribution < 1.29 is 19.1 Å². The van der Waals surface area contributed by atoms with Gasteiger partial charge in [0, 0.05) is 24.9 Å². The zero-order chi connectivity index (χ0) is 22.4. The molecule has 166 valence electrons. The Balaban J connectivity index is 1.21. The molecule has 3 heterocycles. The van der Waals surface area contributed by atoms with Gasteiger partial charge in [-0.1, -0.05) is 48.5 Å². The van der Waals surface area contributed by atoms with E-state index in [0.717, 1.165) is 36.1 Å². The van der Waals surface area contributed by atoms with Gasteiger partial charge in [0.15, 0.2) is 0 Å². The monoisotopic (exact) mass is 439 g/mol. The van der Waals surface area contributed by atoms with Crippen LogP contribution in [0.1, 0.15) is 56.4 Å². The van der Waals surface area contributed by atoms with Crippen molar-refractivity contribution in [3.05, 3.63) is 101 Å². The molecular weight excluding hydrogens is 414 g/mol. The molecule has 1 amide bonds. The summed E-state index contributed by atoms with van der Waals surface area (Å²) in [4.78, 5) is 27.9. The van der Waals surface area contributed by atoms with E-state index >= 15 is 0 Å². The predicted octanol–water partition coefficient (Wildman–Crippen LogP) is 4.75. The van der Waals surface area contributed by atoms with E-state index in [1.807, 2.05) is 59.5 Å². The molecule has 0 aliphatic carbocycles. The van der Waals surface area contributed by atoms with Gasteiger partial charge in [0.2, 0.25) is 0 Å². The molecule has 0 aromatic heterocycles. The first-order valence-electron chi connectivity index (χ1n) is 11.6. The maximum absolute atomic E-state index is 13.4. The Labute approximate surface area is 192 Å². The summed E-state index contributed by atoms with van der Waals surface area (Å²) in [6.45, 7) is 1.26. The fourth-order valence-electron chi connectivity index (χ4n) is 5.33. The average Bonchev–Trinajstić information content (AvgIpc) is 3.26. The van der Waals surface area contributed by atoms with Crippen molar-refractivity contribution in [2.24, 2.45) is 0 Å². The van der Waals surface area contributed by atoms with Crippen LogP contribution in [0.2, 0.25) is 0 Å². The Bertz CT molecular complexity index is 1240. The van der Waals surface area contributed by atoms with Crippen LogP contribution >= 0.6 is 0 Å². The van der Waals surface area contributed by atoms with E-state index in [1.165, 1.54) is 5.56 Å². The van der Waals surface area contributed by atoms with Crippen LogP contribution in [0.25, 0.3) is 0 Å². The highest BCUT2D eigenvalue weighted by Gasteiger charge is 2.44. The number of likely N-dealkylation sites (tertiary alicyclic amines) is 1. The summed E-state index contributed by atoms with van der Waals surface area (Å²) in [7, 11) is 0. The van der Waals surface area contributed by atoms with Crippen LogP contribution in [0.3, 0.4) is 0 Å². The first-order chi connectivity index (χ1) is 16.1. The summed E-state index contributed by atoms with van der Waals surface area (Å²) in [5.41, 5.74) is 3.92. The molecule has 1 spiro atoms. The lowest BCUT2D eigenvalue weighted by Crippen LogP contribution is -2.43. The summed E-state index contributed by atoms with van der Waals surface area (Å²) in [5.74, 6) is 0.600. The minimum atomic E-state index is -0.335. The van der Waals surface area contributed by atoms with Gasteiger partial charge in [-0.3, -0.25) is 4.79 Å². The molecule has 1 saturated heterocycles. The third-order valence-electron chi connectivity index (χ3n) is 7.15. The van der Waals surface area contributed by atoms with Crippen molar-refractivity contribution in [1.29, 1.82) is 0 Å². The number of para-hydroxylation sites is 1. The van der Waals surface area contributed by atoms with Crippen LogP contribution in [0, 0.1) is 0 Å². The third-order valence-corrected chi connectivity index (χ3v) is 7.15. The van der Waals surface area contributed by atoms with Crippen LogP contribution in [-0.4, -0.2) is 35.5 Å². The van der Waals surface area contributed by atoms with E-state index in [1.54, 1.807) is 12.1 Å². The van der Waals surface area contributed by atoms with Gasteiger partial charge in [0.25, 0.3) is 5.91 Å². The number of ether oxygens (including phenoxy) is 2. The van der Waals surface area contributed by atoms with Crippen molar-refractivity contribution in [2.75, 3.05) is 13.1 Å². The molecule has 0 N–H and O–H groups in total. The number of carbonyl (C=O) groups excluding carboxylic acids is 2. The van der Waals surface area contributed by atoms with Gasteiger partial charge in [0.05, 0.1) is 12.1 Å². The van der Waals surface area contributed by atoms with Crippen LogP contribution in [-0.2, 0) is 17.6 Å². The number of aryl methyl sites for hydroxylation is 1. The van der Waals surface area contributed by atoms with Crippen molar-refractivity contribution >= 4 is 11.9 Å². The van der Waals surface area contributed by atoms with Crippen LogP contribution in [0.15, 0.2) is 72.8 Å². The van der Waals surface area contributed by atoms with E-state index in [-0.39, 0.29) is 23.6 Å². The van der Waals surface area contributed by atoms with Gasteiger partial charge in [-0.15, -0.1) is 0 Å². The minimum absolute atomic E-state index is 0.00710. The van der Waals surface area contributed by atoms with Gasteiger partial charge in [-0.2, -0.15) is 0 Å². The third kappa shape index (κ3) is 3.58. The molecule has 0 saturated carbocycles. The highest BCUT2D eigenvalue weighted by atomic mass is 16.5. The number of amides is 1. The first-order valence-corrected chi connectivity index (χ1v) is 11.6. The van der Waals surface area contributed by atoms with Gasteiger partial charge in [-0.05, 0) is 53.8 Å². The fourth-order valence-corrected chi connectivity index (χ4v) is 5.33. The maximum Gasteiger partial charge on any atom is 0.339 e. The number of esters is 1. The molecule has 2 unspecified atom stereocenters. The number of carbonyl (C=O) groups is 2. The lowest BCUT2D eigenvalue weighted by Gasteiger charge is -2.35. The minimum Gasteiger partial charge on any atom is -0.485 e. The van der Waals surface area contributed by atoms with Gasteiger partial charge in [0.1, 0.15) is 17.5 Å². The quantitative estimate of drug-likeness (QED) is 0.541. The standard InChI is InChI=1S/C28H25NO4/c30-26(29-15-14-28(18-29)13-12-20-8-4-5-9-24(20)33-28)21-10-11-23-22(16-21)17-25(32-27(23)31)19-6-2-1-3-7-19/h1-11,16,25H,12-15,17-18H2. The first kappa shape index (κ1) is 20.0. The normalized spacial score (nSPS) is 23.5. The smallest absolute Gasteiger partial charge is 0.339 e. The number of hydrogen-bond donors (Lipinski definition) is 0. The summed E-state index contributed by atoms with van der Waals surface area (Å²) >= 11 is 0. The number of benzene rings is 3. The highest BCUT2D eigenvalue weighted by molar-refractivity contribution is 5.98. The van der Waals surface area contributed by atoms with E-state index in [2.05, 4.69) is 6.07 Å². The molecule has 3 aliphatic heterocycles. The number of hydrogen-bond acceptors (Lipinski definition) is 4. The maximum atomic E-state index is 13.4. The fraction of sp³-hybridized carbons (Fsp3) is 0.286. The Hall–Kier alpha value is -3.60. The van der Waals surface area contributed by atoms with Gasteiger partial charge < -0.3 is 14.4 Å². The molecule has 33 heavy (non-hydrogen) atoms.